The molecule has 0 saturated carbocycles. The van der Waals surface area contributed by atoms with Crippen molar-refractivity contribution in [2.75, 3.05) is 12.4 Å². The van der Waals surface area contributed by atoms with Gasteiger partial charge in [0.25, 0.3) is 0 Å². The lowest BCUT2D eigenvalue weighted by atomic mass is 9.90. The second-order valence-electron chi connectivity index (χ2n) is 4.82. The Hall–Kier alpha value is -1.31. The Bertz CT molecular complexity index is 367. The Balaban J connectivity index is 2.72. The van der Waals surface area contributed by atoms with Crippen LogP contribution >= 0.6 is 0 Å². The Labute approximate surface area is 111 Å². The summed E-state index contributed by atoms with van der Waals surface area (Å²) in [5, 5.41) is 3.15. The number of nitrogens with one attached hydrogen (secondary N) is 1. The van der Waals surface area contributed by atoms with Gasteiger partial charge in [-0.1, -0.05) is 44.9 Å². The van der Waals surface area contributed by atoms with Crippen LogP contribution in [0.3, 0.4) is 0 Å². The lowest BCUT2D eigenvalue weighted by Crippen LogP contribution is -2.17. The van der Waals surface area contributed by atoms with Crippen molar-refractivity contribution in [3.05, 3.63) is 29.8 Å². The first kappa shape index (κ1) is 14.7. The van der Waals surface area contributed by atoms with Crippen LogP contribution in [-0.2, 0) is 11.2 Å². The zero-order chi connectivity index (χ0) is 13.4. The van der Waals surface area contributed by atoms with Crippen LogP contribution in [0.15, 0.2) is 24.3 Å². The molecule has 0 heterocycles. The Kier molecular flexibility index (Phi) is 6.48. The molecule has 0 spiro atoms. The minimum atomic E-state index is 0.241. The van der Waals surface area contributed by atoms with Gasteiger partial charge in [-0.25, -0.2) is 0 Å². The monoisotopic (exact) mass is 247 g/mol. The van der Waals surface area contributed by atoms with Gasteiger partial charge in [-0.3, -0.25) is 4.79 Å². The number of Topliss-reactive ketones (excluding diaryl/α,β-unsaturated/α-hetero) is 1. The van der Waals surface area contributed by atoms with Crippen LogP contribution in [-0.4, -0.2) is 12.8 Å². The molecule has 0 saturated heterocycles. The molecule has 0 amide bonds. The van der Waals surface area contributed by atoms with Crippen molar-refractivity contribution in [2.24, 2.45) is 5.92 Å². The van der Waals surface area contributed by atoms with Gasteiger partial charge in [0.15, 0.2) is 0 Å². The van der Waals surface area contributed by atoms with Crippen LogP contribution in [0.4, 0.5) is 5.69 Å². The van der Waals surface area contributed by atoms with E-state index in [1.54, 1.807) is 0 Å². The zero-order valence-corrected chi connectivity index (χ0v) is 11.8. The number of para-hydroxylation sites is 1. The van der Waals surface area contributed by atoms with E-state index in [0.717, 1.165) is 36.9 Å². The molecule has 0 unspecified atom stereocenters. The summed E-state index contributed by atoms with van der Waals surface area (Å²) in [6, 6.07) is 8.06. The van der Waals surface area contributed by atoms with Crippen LogP contribution in [0.1, 0.15) is 45.1 Å². The summed E-state index contributed by atoms with van der Waals surface area (Å²) >= 11 is 0. The van der Waals surface area contributed by atoms with E-state index < -0.39 is 0 Å². The van der Waals surface area contributed by atoms with Gasteiger partial charge in [0, 0.05) is 25.1 Å². The minimum Gasteiger partial charge on any atom is -0.388 e. The molecule has 0 fully saturated rings. The van der Waals surface area contributed by atoms with Crippen molar-refractivity contribution in [1.82, 2.24) is 0 Å². The largest absolute Gasteiger partial charge is 0.388 e. The molecule has 2 nitrogen and oxygen atoms in total. The van der Waals surface area contributed by atoms with Crippen LogP contribution < -0.4 is 5.32 Å². The summed E-state index contributed by atoms with van der Waals surface area (Å²) in [6.07, 6.45) is 4.78. The van der Waals surface area contributed by atoms with E-state index >= 15 is 0 Å². The summed E-state index contributed by atoms with van der Waals surface area (Å²) < 4.78 is 0. The lowest BCUT2D eigenvalue weighted by Gasteiger charge is -2.15. The summed E-state index contributed by atoms with van der Waals surface area (Å²) in [5.74, 6) is 0.631. The minimum absolute atomic E-state index is 0.241. The standard InChI is InChI=1S/C16H25NO/c1-4-8-13(9-5-2)16(18)12-14-10-6-7-11-15(14)17-3/h6-7,10-11,13,17H,4-5,8-9,12H2,1-3H3. The first-order valence-electron chi connectivity index (χ1n) is 7.01. The van der Waals surface area contributed by atoms with E-state index in [0.29, 0.717) is 12.2 Å². The van der Waals surface area contributed by atoms with Crippen molar-refractivity contribution < 1.29 is 4.79 Å². The van der Waals surface area contributed by atoms with Crippen LogP contribution in [0, 0.1) is 5.92 Å². The quantitative estimate of drug-likeness (QED) is 0.750. The molecule has 0 bridgehead atoms. The average molecular weight is 247 g/mol. The van der Waals surface area contributed by atoms with Gasteiger partial charge >= 0.3 is 0 Å². The predicted molar refractivity (Wildman–Crippen MR) is 78.0 cm³/mol. The van der Waals surface area contributed by atoms with Gasteiger partial charge in [0.1, 0.15) is 5.78 Å². The third kappa shape index (κ3) is 4.17. The Morgan fingerprint density at radius 3 is 2.33 bits per heavy atom. The number of carbonyl (C=O) groups excluding carboxylic acids is 1. The molecule has 0 atom stereocenters. The predicted octanol–water partition coefficient (Wildman–Crippen LogP) is 4.06. The second kappa shape index (κ2) is 7.91. The fourth-order valence-electron chi connectivity index (χ4n) is 2.41. The molecule has 0 aliphatic carbocycles. The van der Waals surface area contributed by atoms with E-state index in [9.17, 15) is 4.79 Å². The molecule has 100 valence electrons. The highest BCUT2D eigenvalue weighted by molar-refractivity contribution is 5.84. The van der Waals surface area contributed by atoms with E-state index in [4.69, 9.17) is 0 Å². The molecule has 0 aliphatic heterocycles. The van der Waals surface area contributed by atoms with E-state index in [-0.39, 0.29) is 5.92 Å². The highest BCUT2D eigenvalue weighted by Crippen LogP contribution is 2.21. The van der Waals surface area contributed by atoms with Crippen molar-refractivity contribution >= 4 is 11.5 Å². The van der Waals surface area contributed by atoms with Gasteiger partial charge in [-0.05, 0) is 24.5 Å². The maximum Gasteiger partial charge on any atom is 0.140 e. The highest BCUT2D eigenvalue weighted by atomic mass is 16.1. The van der Waals surface area contributed by atoms with Gasteiger partial charge in [0.05, 0.1) is 0 Å². The first-order valence-corrected chi connectivity index (χ1v) is 7.01. The molecule has 1 aromatic rings. The number of carbonyl (C=O) groups is 1. The topological polar surface area (TPSA) is 29.1 Å². The Morgan fingerprint density at radius 1 is 1.17 bits per heavy atom. The maximum atomic E-state index is 12.3. The van der Waals surface area contributed by atoms with Gasteiger partial charge in [-0.2, -0.15) is 0 Å². The SMILES string of the molecule is CCCC(CCC)C(=O)Cc1ccccc1NC. The zero-order valence-electron chi connectivity index (χ0n) is 11.8. The number of rotatable bonds is 8. The smallest absolute Gasteiger partial charge is 0.140 e. The fourth-order valence-corrected chi connectivity index (χ4v) is 2.41. The fraction of sp³-hybridized carbons (Fsp3) is 0.562. The van der Waals surface area contributed by atoms with Crippen molar-refractivity contribution in [2.45, 2.75) is 46.0 Å². The van der Waals surface area contributed by atoms with Crippen LogP contribution in [0.5, 0.6) is 0 Å². The van der Waals surface area contributed by atoms with Crippen LogP contribution in [0.2, 0.25) is 0 Å². The Morgan fingerprint density at radius 2 is 1.78 bits per heavy atom. The molecule has 0 aromatic heterocycles. The molecule has 0 aliphatic rings. The highest BCUT2D eigenvalue weighted by Gasteiger charge is 2.17. The van der Waals surface area contributed by atoms with Crippen LogP contribution in [0.25, 0.3) is 0 Å². The maximum absolute atomic E-state index is 12.3. The number of ketones is 1. The van der Waals surface area contributed by atoms with Gasteiger partial charge in [-0.15, -0.1) is 0 Å². The lowest BCUT2D eigenvalue weighted by molar-refractivity contribution is -0.122. The summed E-state index contributed by atoms with van der Waals surface area (Å²) in [4.78, 5) is 12.3. The van der Waals surface area contributed by atoms with Crippen molar-refractivity contribution in [3.63, 3.8) is 0 Å². The third-order valence-corrected chi connectivity index (χ3v) is 3.38. The number of anilines is 1. The second-order valence-corrected chi connectivity index (χ2v) is 4.82. The van der Waals surface area contributed by atoms with E-state index in [1.165, 1.54) is 0 Å². The van der Waals surface area contributed by atoms with E-state index in [2.05, 4.69) is 19.2 Å². The van der Waals surface area contributed by atoms with Gasteiger partial charge < -0.3 is 5.32 Å². The molecular formula is C16H25NO. The van der Waals surface area contributed by atoms with E-state index in [1.807, 2.05) is 31.3 Å². The molecule has 1 aromatic carbocycles. The molecular weight excluding hydrogens is 222 g/mol. The summed E-state index contributed by atoms with van der Waals surface area (Å²) in [5.41, 5.74) is 2.18. The van der Waals surface area contributed by atoms with Gasteiger partial charge in [0.2, 0.25) is 0 Å². The molecule has 18 heavy (non-hydrogen) atoms. The molecule has 2 heteroatoms. The molecule has 1 rings (SSSR count). The summed E-state index contributed by atoms with van der Waals surface area (Å²) in [7, 11) is 1.90. The normalized spacial score (nSPS) is 10.7. The first-order chi connectivity index (χ1) is 8.72. The number of hydrogen-bond acceptors (Lipinski definition) is 2. The molecule has 0 radical (unpaired) electrons. The summed E-state index contributed by atoms with van der Waals surface area (Å²) in [6.45, 7) is 4.30. The van der Waals surface area contributed by atoms with Crippen molar-refractivity contribution in [3.8, 4) is 0 Å². The average Bonchev–Trinajstić information content (AvgIpc) is 2.39. The number of hydrogen-bond donors (Lipinski definition) is 1. The van der Waals surface area contributed by atoms with Crippen molar-refractivity contribution in [1.29, 1.82) is 0 Å². The molecule has 1 N–H and O–H groups in total. The third-order valence-electron chi connectivity index (χ3n) is 3.38. The number of benzene rings is 1.